The van der Waals surface area contributed by atoms with Gasteiger partial charge in [-0.2, -0.15) is 0 Å². The molecule has 188 valence electrons. The molecule has 3 aromatic carbocycles. The molecule has 8 nitrogen and oxygen atoms in total. The second-order valence-electron chi connectivity index (χ2n) is 8.75. The summed E-state index contributed by atoms with van der Waals surface area (Å²) in [6.45, 7) is 4.57. The van der Waals surface area contributed by atoms with E-state index in [1.54, 1.807) is 55.5 Å². The number of amides is 2. The van der Waals surface area contributed by atoms with Gasteiger partial charge in [-0.25, -0.2) is 8.42 Å². The van der Waals surface area contributed by atoms with Gasteiger partial charge >= 0.3 is 0 Å². The van der Waals surface area contributed by atoms with Crippen molar-refractivity contribution in [2.45, 2.75) is 37.7 Å². The predicted molar refractivity (Wildman–Crippen MR) is 139 cm³/mol. The number of nitrogens with one attached hydrogen (secondary N) is 3. The van der Waals surface area contributed by atoms with Gasteiger partial charge in [0.2, 0.25) is 0 Å². The maximum absolute atomic E-state index is 13.1. The smallest absolute Gasteiger partial charge is 0.262 e. The molecule has 0 saturated carbocycles. The van der Waals surface area contributed by atoms with Crippen LogP contribution in [0.25, 0.3) is 0 Å². The largest absolute Gasteiger partial charge is 0.376 e. The van der Waals surface area contributed by atoms with E-state index < -0.39 is 15.9 Å². The Balaban J connectivity index is 1.52. The van der Waals surface area contributed by atoms with Crippen LogP contribution in [0, 0.1) is 13.8 Å². The highest BCUT2D eigenvalue weighted by atomic mass is 32.2. The van der Waals surface area contributed by atoms with E-state index in [0.29, 0.717) is 35.7 Å². The van der Waals surface area contributed by atoms with Gasteiger partial charge < -0.3 is 15.4 Å². The van der Waals surface area contributed by atoms with Crippen molar-refractivity contribution in [3.8, 4) is 0 Å². The molecule has 0 aliphatic carbocycles. The summed E-state index contributed by atoms with van der Waals surface area (Å²) in [4.78, 5) is 25.8. The van der Waals surface area contributed by atoms with Crippen molar-refractivity contribution < 1.29 is 22.7 Å². The Morgan fingerprint density at radius 2 is 1.64 bits per heavy atom. The molecule has 9 heteroatoms. The van der Waals surface area contributed by atoms with Crippen LogP contribution in [0.3, 0.4) is 0 Å². The van der Waals surface area contributed by atoms with Crippen molar-refractivity contribution in [3.05, 3.63) is 89.0 Å². The molecule has 0 bridgehead atoms. The lowest BCUT2D eigenvalue weighted by Crippen LogP contribution is -2.32. The van der Waals surface area contributed by atoms with Crippen LogP contribution in [0.2, 0.25) is 0 Å². The van der Waals surface area contributed by atoms with Crippen molar-refractivity contribution in [3.63, 3.8) is 0 Å². The molecular formula is C27H29N3O5S. The highest BCUT2D eigenvalue weighted by molar-refractivity contribution is 7.92. The van der Waals surface area contributed by atoms with E-state index in [9.17, 15) is 18.0 Å². The number of aryl methyl sites for hydroxylation is 2. The van der Waals surface area contributed by atoms with Gasteiger partial charge in [0, 0.05) is 18.7 Å². The zero-order chi connectivity index (χ0) is 25.7. The maximum Gasteiger partial charge on any atom is 0.262 e. The van der Waals surface area contributed by atoms with Crippen molar-refractivity contribution in [2.75, 3.05) is 23.2 Å². The molecule has 1 aliphatic rings. The van der Waals surface area contributed by atoms with Gasteiger partial charge in [0.25, 0.3) is 21.8 Å². The fourth-order valence-electron chi connectivity index (χ4n) is 4.01. The van der Waals surface area contributed by atoms with Crippen LogP contribution >= 0.6 is 0 Å². The lowest BCUT2D eigenvalue weighted by atomic mass is 10.1. The summed E-state index contributed by atoms with van der Waals surface area (Å²) in [5, 5.41) is 5.60. The highest BCUT2D eigenvalue weighted by Crippen LogP contribution is 2.24. The van der Waals surface area contributed by atoms with Gasteiger partial charge in [-0.1, -0.05) is 36.4 Å². The Labute approximate surface area is 211 Å². The van der Waals surface area contributed by atoms with E-state index in [2.05, 4.69) is 15.4 Å². The third-order valence-electron chi connectivity index (χ3n) is 6.06. The molecular weight excluding hydrogens is 478 g/mol. The van der Waals surface area contributed by atoms with Gasteiger partial charge in [0.15, 0.2) is 0 Å². The average Bonchev–Trinajstić information content (AvgIpc) is 3.38. The number of anilines is 2. The number of para-hydroxylation sites is 2. The van der Waals surface area contributed by atoms with E-state index in [-0.39, 0.29) is 22.5 Å². The molecule has 0 spiro atoms. The van der Waals surface area contributed by atoms with Crippen LogP contribution in [0.5, 0.6) is 0 Å². The summed E-state index contributed by atoms with van der Waals surface area (Å²) < 4.78 is 34.4. The first-order valence-corrected chi connectivity index (χ1v) is 13.2. The van der Waals surface area contributed by atoms with Crippen LogP contribution in [0.4, 0.5) is 11.4 Å². The average molecular weight is 508 g/mol. The quantitative estimate of drug-likeness (QED) is 0.422. The summed E-state index contributed by atoms with van der Waals surface area (Å²) in [6.07, 6.45) is 1.87. The van der Waals surface area contributed by atoms with E-state index in [1.165, 1.54) is 6.07 Å². The fourth-order valence-corrected chi connectivity index (χ4v) is 5.41. The van der Waals surface area contributed by atoms with Crippen LogP contribution in [-0.4, -0.2) is 39.5 Å². The maximum atomic E-state index is 13.1. The van der Waals surface area contributed by atoms with E-state index in [0.717, 1.165) is 18.4 Å². The Morgan fingerprint density at radius 1 is 0.917 bits per heavy atom. The molecule has 36 heavy (non-hydrogen) atoms. The molecule has 3 N–H and O–H groups in total. The molecule has 0 unspecified atom stereocenters. The van der Waals surface area contributed by atoms with Crippen LogP contribution in [0.15, 0.2) is 71.6 Å². The molecule has 1 atom stereocenters. The van der Waals surface area contributed by atoms with Gasteiger partial charge in [-0.3, -0.25) is 14.3 Å². The SMILES string of the molecule is Cc1ccccc1NS(=O)(=O)c1cc(C(=O)Nc2ccccc2C(=O)NC[C@H]2CCCO2)ccc1C. The summed E-state index contributed by atoms with van der Waals surface area (Å²) >= 11 is 0. The molecule has 3 aromatic rings. The number of sulfonamides is 1. The monoisotopic (exact) mass is 507 g/mol. The first-order valence-electron chi connectivity index (χ1n) is 11.7. The summed E-state index contributed by atoms with van der Waals surface area (Å²) in [7, 11) is -3.94. The predicted octanol–water partition coefficient (Wildman–Crippen LogP) is 4.27. The van der Waals surface area contributed by atoms with Crippen LogP contribution in [-0.2, 0) is 14.8 Å². The first kappa shape index (κ1) is 25.4. The Hall–Kier alpha value is -3.69. The fraction of sp³-hybridized carbons (Fsp3) is 0.259. The third-order valence-corrected chi connectivity index (χ3v) is 7.57. The number of hydrogen-bond acceptors (Lipinski definition) is 5. The molecule has 1 aliphatic heterocycles. The third kappa shape index (κ3) is 5.92. The molecule has 1 heterocycles. The second-order valence-corrected chi connectivity index (χ2v) is 10.4. The number of carbonyl (C=O) groups is 2. The summed E-state index contributed by atoms with van der Waals surface area (Å²) in [6, 6.07) is 18.2. The number of benzene rings is 3. The Bertz CT molecular complexity index is 1380. The number of rotatable bonds is 8. The minimum atomic E-state index is -3.94. The normalized spacial score (nSPS) is 15.3. The standard InChI is InChI=1S/C27H29N3O5S/c1-18-8-3-5-11-23(18)30-36(33,34)25-16-20(14-13-19(25)2)26(31)29-24-12-6-4-10-22(24)27(32)28-17-21-9-7-15-35-21/h3-6,8,10-14,16,21,30H,7,9,15,17H2,1-2H3,(H,28,32)(H,29,31)/t21-/m1/s1. The minimum Gasteiger partial charge on any atom is -0.376 e. The van der Waals surface area contributed by atoms with Crippen LogP contribution in [0.1, 0.15) is 44.7 Å². The van der Waals surface area contributed by atoms with Gasteiger partial charge in [0.1, 0.15) is 0 Å². The van der Waals surface area contributed by atoms with Crippen molar-refractivity contribution >= 4 is 33.2 Å². The Kier molecular flexibility index (Phi) is 7.71. The Morgan fingerprint density at radius 3 is 2.36 bits per heavy atom. The van der Waals surface area contributed by atoms with Crippen molar-refractivity contribution in [2.24, 2.45) is 0 Å². The van der Waals surface area contributed by atoms with E-state index >= 15 is 0 Å². The zero-order valence-corrected chi connectivity index (χ0v) is 21.0. The van der Waals surface area contributed by atoms with Crippen molar-refractivity contribution in [1.82, 2.24) is 5.32 Å². The number of carbonyl (C=O) groups excluding carboxylic acids is 2. The van der Waals surface area contributed by atoms with E-state index in [4.69, 9.17) is 4.74 Å². The van der Waals surface area contributed by atoms with Crippen LogP contribution < -0.4 is 15.4 Å². The minimum absolute atomic E-state index is 0.000921. The lowest BCUT2D eigenvalue weighted by Gasteiger charge is -2.15. The highest BCUT2D eigenvalue weighted by Gasteiger charge is 2.22. The number of ether oxygens (including phenoxy) is 1. The van der Waals surface area contributed by atoms with Gasteiger partial charge in [-0.15, -0.1) is 0 Å². The number of hydrogen-bond donors (Lipinski definition) is 3. The molecule has 2 amide bonds. The van der Waals surface area contributed by atoms with Gasteiger partial charge in [0.05, 0.1) is 27.9 Å². The summed E-state index contributed by atoms with van der Waals surface area (Å²) in [5.74, 6) is -0.849. The molecule has 1 fully saturated rings. The summed E-state index contributed by atoms with van der Waals surface area (Å²) in [5.41, 5.74) is 2.54. The topological polar surface area (TPSA) is 114 Å². The molecule has 0 aromatic heterocycles. The molecule has 0 radical (unpaired) electrons. The van der Waals surface area contributed by atoms with E-state index in [1.807, 2.05) is 19.1 Å². The van der Waals surface area contributed by atoms with Gasteiger partial charge in [-0.05, 0) is 68.1 Å². The molecule has 4 rings (SSSR count). The first-order chi connectivity index (χ1) is 17.2. The molecule has 1 saturated heterocycles. The lowest BCUT2D eigenvalue weighted by molar-refractivity contribution is 0.0858. The second kappa shape index (κ2) is 10.9. The zero-order valence-electron chi connectivity index (χ0n) is 20.2. The van der Waals surface area contributed by atoms with Crippen molar-refractivity contribution in [1.29, 1.82) is 0 Å².